The summed E-state index contributed by atoms with van der Waals surface area (Å²) >= 11 is 0. The van der Waals surface area contributed by atoms with Crippen molar-refractivity contribution in [2.24, 2.45) is 0 Å². The number of aromatic nitrogens is 2. The molecule has 22 heavy (non-hydrogen) atoms. The number of hydrogen-bond donors (Lipinski definition) is 2. The number of hydrogen-bond acceptors (Lipinski definition) is 5. The normalized spacial score (nSPS) is 19.3. The predicted molar refractivity (Wildman–Crippen MR) is 86.7 cm³/mol. The van der Waals surface area contributed by atoms with Crippen LogP contribution >= 0.6 is 0 Å². The minimum absolute atomic E-state index is 0.416. The zero-order valence-electron chi connectivity index (χ0n) is 12.6. The first-order valence-corrected chi connectivity index (χ1v) is 7.82. The lowest BCUT2D eigenvalue weighted by Crippen LogP contribution is -2.39. The molecule has 3 rings (SSSR count). The molecule has 0 radical (unpaired) electrons. The average Bonchev–Trinajstić information content (AvgIpc) is 3.05. The minimum atomic E-state index is -0.465. The molecule has 5 heteroatoms. The van der Waals surface area contributed by atoms with E-state index in [1.165, 1.54) is 6.42 Å². The Morgan fingerprint density at radius 2 is 2.09 bits per heavy atom. The van der Waals surface area contributed by atoms with E-state index < -0.39 is 6.10 Å². The second-order valence-electron chi connectivity index (χ2n) is 5.66. The Bertz CT molecular complexity index is 563. The van der Waals surface area contributed by atoms with Gasteiger partial charge in [0.1, 0.15) is 0 Å². The van der Waals surface area contributed by atoms with E-state index in [0.717, 1.165) is 30.9 Å². The average molecular weight is 298 g/mol. The SMILES string of the molecule is O[C@H](CNC[C@H]1CCCN1c1cccnn1)c1ccccc1. The van der Waals surface area contributed by atoms with Gasteiger partial charge in [-0.15, -0.1) is 5.10 Å². The summed E-state index contributed by atoms with van der Waals surface area (Å²) in [6.45, 7) is 2.43. The van der Waals surface area contributed by atoms with Crippen molar-refractivity contribution in [2.75, 3.05) is 24.5 Å². The Labute approximate surface area is 131 Å². The molecule has 2 heterocycles. The van der Waals surface area contributed by atoms with Gasteiger partial charge in [-0.05, 0) is 30.5 Å². The van der Waals surface area contributed by atoms with Gasteiger partial charge in [0.2, 0.25) is 0 Å². The van der Waals surface area contributed by atoms with Crippen molar-refractivity contribution >= 4 is 5.82 Å². The summed E-state index contributed by atoms with van der Waals surface area (Å²) < 4.78 is 0. The second kappa shape index (κ2) is 7.33. The topological polar surface area (TPSA) is 61.3 Å². The molecule has 2 atom stereocenters. The lowest BCUT2D eigenvalue weighted by Gasteiger charge is -2.26. The maximum absolute atomic E-state index is 10.2. The van der Waals surface area contributed by atoms with Gasteiger partial charge in [-0.3, -0.25) is 0 Å². The van der Waals surface area contributed by atoms with E-state index in [2.05, 4.69) is 20.4 Å². The van der Waals surface area contributed by atoms with Crippen molar-refractivity contribution in [2.45, 2.75) is 25.0 Å². The van der Waals surface area contributed by atoms with Crippen molar-refractivity contribution in [1.29, 1.82) is 0 Å². The fourth-order valence-electron chi connectivity index (χ4n) is 2.98. The van der Waals surface area contributed by atoms with Crippen molar-refractivity contribution in [3.8, 4) is 0 Å². The molecule has 0 aliphatic carbocycles. The van der Waals surface area contributed by atoms with E-state index >= 15 is 0 Å². The largest absolute Gasteiger partial charge is 0.387 e. The quantitative estimate of drug-likeness (QED) is 0.851. The predicted octanol–water partition coefficient (Wildman–Crippen LogP) is 1.77. The van der Waals surface area contributed by atoms with Crippen LogP contribution in [0, 0.1) is 0 Å². The summed E-state index contributed by atoms with van der Waals surface area (Å²) in [6.07, 6.45) is 3.55. The maximum Gasteiger partial charge on any atom is 0.151 e. The van der Waals surface area contributed by atoms with Crippen LogP contribution in [-0.4, -0.2) is 41.0 Å². The van der Waals surface area contributed by atoms with Gasteiger partial charge in [-0.2, -0.15) is 5.10 Å². The van der Waals surface area contributed by atoms with Crippen molar-refractivity contribution in [3.63, 3.8) is 0 Å². The summed E-state index contributed by atoms with van der Waals surface area (Å²) in [5, 5.41) is 21.7. The Balaban J connectivity index is 1.51. The van der Waals surface area contributed by atoms with E-state index in [9.17, 15) is 5.11 Å². The standard InChI is InChI=1S/C17H22N4O/c22-16(14-6-2-1-3-7-14)13-18-12-15-8-5-11-21(15)17-9-4-10-19-20-17/h1-4,6-7,9-10,15-16,18,22H,5,8,11-13H2/t15-,16-/m1/s1. The molecular weight excluding hydrogens is 276 g/mol. The molecule has 1 aromatic heterocycles. The van der Waals surface area contributed by atoms with Crippen LogP contribution in [0.1, 0.15) is 24.5 Å². The summed E-state index contributed by atoms with van der Waals surface area (Å²) in [4.78, 5) is 2.30. The number of anilines is 1. The van der Waals surface area contributed by atoms with E-state index in [4.69, 9.17) is 0 Å². The van der Waals surface area contributed by atoms with Gasteiger partial charge in [0.15, 0.2) is 5.82 Å². The van der Waals surface area contributed by atoms with E-state index in [1.807, 2.05) is 42.5 Å². The smallest absolute Gasteiger partial charge is 0.151 e. The number of aliphatic hydroxyl groups excluding tert-OH is 1. The maximum atomic E-state index is 10.2. The molecule has 0 spiro atoms. The zero-order chi connectivity index (χ0) is 15.2. The zero-order valence-corrected chi connectivity index (χ0v) is 12.6. The Hall–Kier alpha value is -1.98. The molecular formula is C17H22N4O. The Morgan fingerprint density at radius 1 is 1.23 bits per heavy atom. The lowest BCUT2D eigenvalue weighted by molar-refractivity contribution is 0.174. The van der Waals surface area contributed by atoms with Crippen LogP contribution in [0.5, 0.6) is 0 Å². The molecule has 1 saturated heterocycles. The molecule has 5 nitrogen and oxygen atoms in total. The molecule has 0 amide bonds. The third-order valence-electron chi connectivity index (χ3n) is 4.13. The fourth-order valence-corrected chi connectivity index (χ4v) is 2.98. The highest BCUT2D eigenvalue weighted by Crippen LogP contribution is 2.22. The number of rotatable bonds is 6. The molecule has 1 aliphatic rings. The Morgan fingerprint density at radius 3 is 2.86 bits per heavy atom. The second-order valence-corrected chi connectivity index (χ2v) is 5.66. The van der Waals surface area contributed by atoms with Gasteiger partial charge in [0.05, 0.1) is 6.10 Å². The lowest BCUT2D eigenvalue weighted by atomic mass is 10.1. The Kier molecular flexibility index (Phi) is 4.98. The summed E-state index contributed by atoms with van der Waals surface area (Å²) in [7, 11) is 0. The van der Waals surface area contributed by atoms with Gasteiger partial charge in [0, 0.05) is 31.9 Å². The van der Waals surface area contributed by atoms with Crippen LogP contribution in [0.4, 0.5) is 5.82 Å². The van der Waals surface area contributed by atoms with Gasteiger partial charge >= 0.3 is 0 Å². The molecule has 116 valence electrons. The molecule has 0 unspecified atom stereocenters. The summed E-state index contributed by atoms with van der Waals surface area (Å²) in [5.74, 6) is 0.940. The van der Waals surface area contributed by atoms with E-state index in [-0.39, 0.29) is 0 Å². The van der Waals surface area contributed by atoms with Gasteiger partial charge in [0.25, 0.3) is 0 Å². The van der Waals surface area contributed by atoms with Crippen LogP contribution in [0.15, 0.2) is 48.7 Å². The van der Waals surface area contributed by atoms with Gasteiger partial charge < -0.3 is 15.3 Å². The first kappa shape index (κ1) is 14.9. The molecule has 1 aliphatic heterocycles. The molecule has 2 aromatic rings. The van der Waals surface area contributed by atoms with Gasteiger partial charge in [-0.1, -0.05) is 30.3 Å². The molecule has 0 saturated carbocycles. The van der Waals surface area contributed by atoms with Crippen molar-refractivity contribution in [3.05, 3.63) is 54.2 Å². The monoisotopic (exact) mass is 298 g/mol. The van der Waals surface area contributed by atoms with Crippen LogP contribution in [-0.2, 0) is 0 Å². The first-order chi connectivity index (χ1) is 10.8. The van der Waals surface area contributed by atoms with Crippen LogP contribution in [0.2, 0.25) is 0 Å². The highest BCUT2D eigenvalue weighted by atomic mass is 16.3. The van der Waals surface area contributed by atoms with Crippen LogP contribution < -0.4 is 10.2 Å². The summed E-state index contributed by atoms with van der Waals surface area (Å²) in [6, 6.07) is 14.1. The van der Waals surface area contributed by atoms with Crippen molar-refractivity contribution < 1.29 is 5.11 Å². The van der Waals surface area contributed by atoms with Crippen LogP contribution in [0.3, 0.4) is 0 Å². The third-order valence-corrected chi connectivity index (χ3v) is 4.13. The fraction of sp³-hybridized carbons (Fsp3) is 0.412. The number of benzene rings is 1. The van der Waals surface area contributed by atoms with Crippen molar-refractivity contribution in [1.82, 2.24) is 15.5 Å². The van der Waals surface area contributed by atoms with E-state index in [1.54, 1.807) is 6.20 Å². The summed E-state index contributed by atoms with van der Waals surface area (Å²) in [5.41, 5.74) is 0.951. The molecule has 2 N–H and O–H groups in total. The van der Waals surface area contributed by atoms with Gasteiger partial charge in [-0.25, -0.2) is 0 Å². The number of aliphatic hydroxyl groups is 1. The first-order valence-electron chi connectivity index (χ1n) is 7.82. The van der Waals surface area contributed by atoms with E-state index in [0.29, 0.717) is 12.6 Å². The van der Waals surface area contributed by atoms with Crippen LogP contribution in [0.25, 0.3) is 0 Å². The molecule has 1 fully saturated rings. The minimum Gasteiger partial charge on any atom is -0.387 e. The highest BCUT2D eigenvalue weighted by molar-refractivity contribution is 5.39. The molecule has 0 bridgehead atoms. The highest BCUT2D eigenvalue weighted by Gasteiger charge is 2.25. The third kappa shape index (κ3) is 3.61. The molecule has 1 aromatic carbocycles. The number of nitrogens with one attached hydrogen (secondary N) is 1. The number of nitrogens with zero attached hydrogens (tertiary/aromatic N) is 3.